The van der Waals surface area contributed by atoms with Crippen molar-refractivity contribution in [3.63, 3.8) is 0 Å². The van der Waals surface area contributed by atoms with Gasteiger partial charge in [0.05, 0.1) is 6.04 Å². The molecule has 1 unspecified atom stereocenters. The smallest absolute Gasteiger partial charge is 0.260 e. The van der Waals surface area contributed by atoms with Crippen LogP contribution in [0.3, 0.4) is 0 Å². The quantitative estimate of drug-likeness (QED) is 0.763. The first-order valence-corrected chi connectivity index (χ1v) is 9.28. The summed E-state index contributed by atoms with van der Waals surface area (Å²) in [6.45, 7) is 2.93. The molecule has 1 aromatic carbocycles. The third-order valence-corrected chi connectivity index (χ3v) is 5.00. The normalized spacial score (nSPS) is 18.5. The van der Waals surface area contributed by atoms with Crippen LogP contribution in [0.1, 0.15) is 25.7 Å². The lowest BCUT2D eigenvalue weighted by atomic mass is 9.92. The third kappa shape index (κ3) is 6.09. The van der Waals surface area contributed by atoms with Crippen LogP contribution in [0.5, 0.6) is 5.75 Å². The maximum absolute atomic E-state index is 12.4. The number of benzene rings is 1. The molecule has 8 heteroatoms. The Morgan fingerprint density at radius 3 is 2.67 bits per heavy atom. The van der Waals surface area contributed by atoms with Gasteiger partial charge in [0, 0.05) is 38.1 Å². The summed E-state index contributed by atoms with van der Waals surface area (Å²) in [6.07, 6.45) is 3.72. The molecule has 3 N–H and O–H groups in total. The minimum absolute atomic E-state index is 0. The number of nitrogens with one attached hydrogen (secondary N) is 1. The highest BCUT2D eigenvalue weighted by Gasteiger charge is 2.26. The van der Waals surface area contributed by atoms with Gasteiger partial charge in [0.15, 0.2) is 6.61 Å². The molecule has 3 rings (SSSR count). The van der Waals surface area contributed by atoms with E-state index in [9.17, 15) is 9.59 Å². The highest BCUT2D eigenvalue weighted by molar-refractivity contribution is 5.95. The second-order valence-electron chi connectivity index (χ2n) is 6.87. The van der Waals surface area contributed by atoms with Gasteiger partial charge in [0.25, 0.3) is 5.91 Å². The number of hydrogen-bond donors (Lipinski definition) is 2. The van der Waals surface area contributed by atoms with E-state index in [2.05, 4.69) is 5.32 Å². The summed E-state index contributed by atoms with van der Waals surface area (Å²) in [4.78, 5) is 26.3. The van der Waals surface area contributed by atoms with E-state index in [0.717, 1.165) is 38.8 Å². The van der Waals surface area contributed by atoms with E-state index in [-0.39, 0.29) is 36.7 Å². The largest absolute Gasteiger partial charge is 0.484 e. The van der Waals surface area contributed by atoms with E-state index in [1.54, 1.807) is 24.3 Å². The zero-order valence-electron chi connectivity index (χ0n) is 15.4. The molecule has 2 amide bonds. The number of nitrogens with two attached hydrogens (primary N) is 1. The Labute approximate surface area is 166 Å². The van der Waals surface area contributed by atoms with Crippen LogP contribution in [0, 0.1) is 5.92 Å². The van der Waals surface area contributed by atoms with E-state index in [1.807, 2.05) is 4.90 Å². The van der Waals surface area contributed by atoms with Crippen LogP contribution >= 0.6 is 12.4 Å². The average molecular weight is 398 g/mol. The fourth-order valence-electron chi connectivity index (χ4n) is 3.38. The summed E-state index contributed by atoms with van der Waals surface area (Å²) in [5, 5.41) is 2.84. The Kier molecular flexibility index (Phi) is 8.34. The lowest BCUT2D eigenvalue weighted by Gasteiger charge is -2.26. The van der Waals surface area contributed by atoms with Crippen molar-refractivity contribution >= 4 is 29.9 Å². The predicted octanol–water partition coefficient (Wildman–Crippen LogP) is 1.80. The maximum atomic E-state index is 12.4. The molecular formula is C19H28ClN3O4. The summed E-state index contributed by atoms with van der Waals surface area (Å²) in [5.41, 5.74) is 6.71. The van der Waals surface area contributed by atoms with Gasteiger partial charge in [-0.1, -0.05) is 6.07 Å². The number of carbonyl (C=O) groups excluding carboxylic acids is 2. The van der Waals surface area contributed by atoms with Crippen molar-refractivity contribution in [2.45, 2.75) is 31.7 Å². The van der Waals surface area contributed by atoms with Gasteiger partial charge in [-0.25, -0.2) is 0 Å². The van der Waals surface area contributed by atoms with Crippen LogP contribution in [0.15, 0.2) is 24.3 Å². The van der Waals surface area contributed by atoms with Gasteiger partial charge in [-0.05, 0) is 43.7 Å². The van der Waals surface area contributed by atoms with Gasteiger partial charge in [-0.15, -0.1) is 12.4 Å². The van der Waals surface area contributed by atoms with Crippen molar-refractivity contribution < 1.29 is 19.1 Å². The molecule has 2 saturated heterocycles. The van der Waals surface area contributed by atoms with Gasteiger partial charge >= 0.3 is 0 Å². The van der Waals surface area contributed by atoms with Crippen LogP contribution in [-0.4, -0.2) is 55.7 Å². The van der Waals surface area contributed by atoms with E-state index < -0.39 is 6.04 Å². The highest BCUT2D eigenvalue weighted by Crippen LogP contribution is 2.21. The summed E-state index contributed by atoms with van der Waals surface area (Å²) in [5.74, 6) is 0.483. The van der Waals surface area contributed by atoms with Crippen LogP contribution in [0.25, 0.3) is 0 Å². The number of carbonyl (C=O) groups is 2. The lowest BCUT2D eigenvalue weighted by Crippen LogP contribution is -2.44. The SMILES string of the molecule is Cl.NC(C(=O)Nc1cccc(OCC(=O)N2CCCC2)c1)C1CCOCC1. The van der Waals surface area contributed by atoms with Crippen molar-refractivity contribution in [2.75, 3.05) is 38.2 Å². The molecule has 150 valence electrons. The molecule has 1 aromatic rings. The molecule has 0 radical (unpaired) electrons. The summed E-state index contributed by atoms with van der Waals surface area (Å²) in [7, 11) is 0. The summed E-state index contributed by atoms with van der Waals surface area (Å²) in [6, 6.07) is 6.49. The number of hydrogen-bond acceptors (Lipinski definition) is 5. The molecule has 7 nitrogen and oxygen atoms in total. The average Bonchev–Trinajstić information content (AvgIpc) is 3.21. The van der Waals surface area contributed by atoms with Crippen molar-refractivity contribution in [1.82, 2.24) is 4.90 Å². The minimum atomic E-state index is -0.555. The van der Waals surface area contributed by atoms with E-state index in [0.29, 0.717) is 24.7 Å². The molecule has 0 spiro atoms. The Bertz CT molecular complexity index is 631. The first-order chi connectivity index (χ1) is 12.6. The first-order valence-electron chi connectivity index (χ1n) is 9.28. The van der Waals surface area contributed by atoms with E-state index in [4.69, 9.17) is 15.2 Å². The molecule has 2 aliphatic rings. The number of halogens is 1. The Balaban J connectivity index is 0.00000261. The molecule has 2 fully saturated rings. The monoisotopic (exact) mass is 397 g/mol. The topological polar surface area (TPSA) is 93.9 Å². The molecule has 27 heavy (non-hydrogen) atoms. The number of anilines is 1. The maximum Gasteiger partial charge on any atom is 0.260 e. The van der Waals surface area contributed by atoms with E-state index >= 15 is 0 Å². The molecule has 1 atom stereocenters. The molecular weight excluding hydrogens is 370 g/mol. The zero-order chi connectivity index (χ0) is 18.4. The summed E-state index contributed by atoms with van der Waals surface area (Å²) >= 11 is 0. The number of ether oxygens (including phenoxy) is 2. The predicted molar refractivity (Wildman–Crippen MR) is 105 cm³/mol. The van der Waals surface area contributed by atoms with Crippen LogP contribution in [0.4, 0.5) is 5.69 Å². The Hall–Kier alpha value is -1.83. The van der Waals surface area contributed by atoms with Crippen LogP contribution in [-0.2, 0) is 14.3 Å². The fraction of sp³-hybridized carbons (Fsp3) is 0.579. The minimum Gasteiger partial charge on any atom is -0.484 e. The number of nitrogens with zero attached hydrogens (tertiary/aromatic N) is 1. The number of likely N-dealkylation sites (tertiary alicyclic amines) is 1. The number of amides is 2. The van der Waals surface area contributed by atoms with Gasteiger partial charge in [0.1, 0.15) is 5.75 Å². The Morgan fingerprint density at radius 2 is 1.96 bits per heavy atom. The molecule has 0 saturated carbocycles. The van der Waals surface area contributed by atoms with Crippen molar-refractivity contribution in [3.05, 3.63) is 24.3 Å². The van der Waals surface area contributed by atoms with Gasteiger partial charge in [0.2, 0.25) is 5.91 Å². The van der Waals surface area contributed by atoms with Crippen molar-refractivity contribution in [3.8, 4) is 5.75 Å². The molecule has 0 bridgehead atoms. The van der Waals surface area contributed by atoms with Crippen molar-refractivity contribution in [1.29, 1.82) is 0 Å². The highest BCUT2D eigenvalue weighted by atomic mass is 35.5. The van der Waals surface area contributed by atoms with Gasteiger partial charge in [-0.2, -0.15) is 0 Å². The molecule has 2 aliphatic heterocycles. The molecule has 0 aromatic heterocycles. The molecule has 0 aliphatic carbocycles. The van der Waals surface area contributed by atoms with Gasteiger partial charge in [-0.3, -0.25) is 9.59 Å². The summed E-state index contributed by atoms with van der Waals surface area (Å²) < 4.78 is 10.9. The molecule has 2 heterocycles. The van der Waals surface area contributed by atoms with Gasteiger partial charge < -0.3 is 25.4 Å². The van der Waals surface area contributed by atoms with E-state index in [1.165, 1.54) is 0 Å². The lowest BCUT2D eigenvalue weighted by molar-refractivity contribution is -0.132. The van der Waals surface area contributed by atoms with Crippen molar-refractivity contribution in [2.24, 2.45) is 11.7 Å². The Morgan fingerprint density at radius 1 is 1.26 bits per heavy atom. The second-order valence-corrected chi connectivity index (χ2v) is 6.87. The third-order valence-electron chi connectivity index (χ3n) is 5.00. The first kappa shape index (κ1) is 21.5. The second kappa shape index (κ2) is 10.5. The standard InChI is InChI=1S/C19H27N3O4.ClH/c20-18(14-6-10-25-11-7-14)19(24)21-15-4-3-5-16(12-15)26-13-17(23)22-8-1-2-9-22;/h3-5,12,14,18H,1-2,6-11,13,20H2,(H,21,24);1H. The zero-order valence-corrected chi connectivity index (χ0v) is 16.2. The number of rotatable bonds is 6. The van der Waals surface area contributed by atoms with Crippen LogP contribution < -0.4 is 15.8 Å². The fourth-order valence-corrected chi connectivity index (χ4v) is 3.38. The van der Waals surface area contributed by atoms with Crippen LogP contribution in [0.2, 0.25) is 0 Å².